The molecule has 0 aliphatic rings. The van der Waals surface area contributed by atoms with E-state index in [1.165, 1.54) is 10.5 Å². The van der Waals surface area contributed by atoms with Crippen molar-refractivity contribution < 1.29 is 0 Å². The van der Waals surface area contributed by atoms with Crippen LogP contribution in [-0.4, -0.2) is 0 Å². The van der Waals surface area contributed by atoms with E-state index in [2.05, 4.69) is 38.1 Å². The maximum Gasteiger partial charge on any atom is 0.0417 e. The highest BCUT2D eigenvalue weighted by molar-refractivity contribution is 7.99. The van der Waals surface area contributed by atoms with Gasteiger partial charge in [0.25, 0.3) is 0 Å². The van der Waals surface area contributed by atoms with Crippen LogP contribution >= 0.6 is 23.4 Å². The molecule has 0 aliphatic carbocycles. The number of benzene rings is 2. The Morgan fingerprint density at radius 2 is 1.79 bits per heavy atom. The molecule has 0 atom stereocenters. The Morgan fingerprint density at radius 1 is 1.11 bits per heavy atom. The van der Waals surface area contributed by atoms with E-state index >= 15 is 0 Å². The van der Waals surface area contributed by atoms with E-state index in [0.29, 0.717) is 12.5 Å². The molecule has 0 radical (unpaired) electrons. The minimum Gasteiger partial charge on any atom is -0.326 e. The standard InChI is InChI=1S/C16H18ClNS/c1-11(2)12-4-7-15(8-5-12)19-16-9-14(17)6-3-13(16)10-18/h3-9,11H,10,18H2,1-2H3. The Balaban J connectivity index is 2.23. The van der Waals surface area contributed by atoms with Crippen molar-refractivity contribution in [2.45, 2.75) is 36.1 Å². The quantitative estimate of drug-likeness (QED) is 0.851. The highest BCUT2D eigenvalue weighted by Crippen LogP contribution is 2.33. The molecule has 1 nitrogen and oxygen atoms in total. The summed E-state index contributed by atoms with van der Waals surface area (Å²) in [7, 11) is 0. The lowest BCUT2D eigenvalue weighted by molar-refractivity contribution is 0.865. The summed E-state index contributed by atoms with van der Waals surface area (Å²) in [4.78, 5) is 2.34. The fourth-order valence-corrected chi connectivity index (χ4v) is 3.07. The van der Waals surface area contributed by atoms with E-state index in [1.54, 1.807) is 11.8 Å². The Hall–Kier alpha value is -0.960. The topological polar surface area (TPSA) is 26.0 Å². The van der Waals surface area contributed by atoms with Gasteiger partial charge in [-0.3, -0.25) is 0 Å². The van der Waals surface area contributed by atoms with E-state index < -0.39 is 0 Å². The molecule has 2 aromatic carbocycles. The SMILES string of the molecule is CC(C)c1ccc(Sc2cc(Cl)ccc2CN)cc1. The number of halogens is 1. The molecular weight excluding hydrogens is 274 g/mol. The molecule has 0 fully saturated rings. The van der Waals surface area contributed by atoms with E-state index in [1.807, 2.05) is 18.2 Å². The summed E-state index contributed by atoms with van der Waals surface area (Å²) in [5.41, 5.74) is 8.24. The molecule has 0 bridgehead atoms. The third-order valence-electron chi connectivity index (χ3n) is 3.02. The van der Waals surface area contributed by atoms with Crippen LogP contribution in [0.3, 0.4) is 0 Å². The first-order valence-electron chi connectivity index (χ1n) is 6.36. The zero-order valence-electron chi connectivity index (χ0n) is 11.2. The molecule has 0 saturated heterocycles. The third-order valence-corrected chi connectivity index (χ3v) is 4.37. The van der Waals surface area contributed by atoms with Gasteiger partial charge < -0.3 is 5.73 Å². The summed E-state index contributed by atoms with van der Waals surface area (Å²) in [5.74, 6) is 0.560. The predicted molar refractivity (Wildman–Crippen MR) is 84.0 cm³/mol. The van der Waals surface area contributed by atoms with Crippen LogP contribution in [0.1, 0.15) is 30.9 Å². The molecule has 19 heavy (non-hydrogen) atoms. The zero-order valence-corrected chi connectivity index (χ0v) is 12.8. The lowest BCUT2D eigenvalue weighted by Gasteiger charge is -2.10. The van der Waals surface area contributed by atoms with Crippen molar-refractivity contribution in [2.75, 3.05) is 0 Å². The van der Waals surface area contributed by atoms with Crippen LogP contribution in [0.25, 0.3) is 0 Å². The molecule has 0 aliphatic heterocycles. The van der Waals surface area contributed by atoms with Crippen LogP contribution in [0, 0.1) is 0 Å². The third kappa shape index (κ3) is 3.75. The van der Waals surface area contributed by atoms with Gasteiger partial charge in [-0.15, -0.1) is 0 Å². The molecule has 3 heteroatoms. The summed E-state index contributed by atoms with van der Waals surface area (Å²) < 4.78 is 0. The van der Waals surface area contributed by atoms with E-state index in [4.69, 9.17) is 17.3 Å². The zero-order chi connectivity index (χ0) is 13.8. The monoisotopic (exact) mass is 291 g/mol. The van der Waals surface area contributed by atoms with Crippen LogP contribution in [-0.2, 0) is 6.54 Å². The highest BCUT2D eigenvalue weighted by atomic mass is 35.5. The van der Waals surface area contributed by atoms with Gasteiger partial charge in [-0.1, -0.05) is 55.4 Å². The molecule has 0 unspecified atom stereocenters. The molecule has 2 N–H and O–H groups in total. The molecule has 0 heterocycles. The van der Waals surface area contributed by atoms with Gasteiger partial charge in [-0.25, -0.2) is 0 Å². The molecule has 0 saturated carbocycles. The second-order valence-corrected chi connectivity index (χ2v) is 6.33. The maximum absolute atomic E-state index is 6.05. The van der Waals surface area contributed by atoms with Crippen LogP contribution in [0.2, 0.25) is 5.02 Å². The van der Waals surface area contributed by atoms with Gasteiger partial charge in [0, 0.05) is 21.4 Å². The largest absolute Gasteiger partial charge is 0.326 e. The molecule has 0 spiro atoms. The summed E-state index contributed by atoms with van der Waals surface area (Å²) >= 11 is 7.76. The van der Waals surface area contributed by atoms with Crippen molar-refractivity contribution in [1.82, 2.24) is 0 Å². The first-order valence-corrected chi connectivity index (χ1v) is 7.56. The average molecular weight is 292 g/mol. The van der Waals surface area contributed by atoms with E-state index in [0.717, 1.165) is 15.5 Å². The number of hydrogen-bond acceptors (Lipinski definition) is 2. The van der Waals surface area contributed by atoms with Gasteiger partial charge >= 0.3 is 0 Å². The molecule has 100 valence electrons. The Kier molecular flexibility index (Phi) is 4.92. The van der Waals surface area contributed by atoms with Gasteiger partial charge in [0.05, 0.1) is 0 Å². The van der Waals surface area contributed by atoms with Gasteiger partial charge in [-0.05, 0) is 41.3 Å². The minimum absolute atomic E-state index is 0.531. The maximum atomic E-state index is 6.05. The van der Waals surface area contributed by atoms with Gasteiger partial charge in [-0.2, -0.15) is 0 Å². The van der Waals surface area contributed by atoms with Crippen molar-refractivity contribution in [3.8, 4) is 0 Å². The molecule has 0 aromatic heterocycles. The van der Waals surface area contributed by atoms with Crippen molar-refractivity contribution in [3.05, 3.63) is 58.6 Å². The Bertz CT molecular complexity index is 549. The number of nitrogens with two attached hydrogens (primary N) is 1. The summed E-state index contributed by atoms with van der Waals surface area (Å²) in [5, 5.41) is 0.749. The normalized spacial score (nSPS) is 11.0. The summed E-state index contributed by atoms with van der Waals surface area (Å²) in [6.07, 6.45) is 0. The van der Waals surface area contributed by atoms with Crippen molar-refractivity contribution in [1.29, 1.82) is 0 Å². The second-order valence-electron chi connectivity index (χ2n) is 4.78. The van der Waals surface area contributed by atoms with Crippen molar-refractivity contribution in [3.63, 3.8) is 0 Å². The van der Waals surface area contributed by atoms with Crippen LogP contribution in [0.15, 0.2) is 52.3 Å². The van der Waals surface area contributed by atoms with Crippen molar-refractivity contribution in [2.24, 2.45) is 5.73 Å². The molecule has 2 aromatic rings. The minimum atomic E-state index is 0.531. The van der Waals surface area contributed by atoms with Crippen LogP contribution in [0.4, 0.5) is 0 Å². The van der Waals surface area contributed by atoms with Crippen LogP contribution in [0.5, 0.6) is 0 Å². The van der Waals surface area contributed by atoms with Gasteiger partial charge in [0.2, 0.25) is 0 Å². The van der Waals surface area contributed by atoms with Crippen LogP contribution < -0.4 is 5.73 Å². The predicted octanol–water partition coefficient (Wildman–Crippen LogP) is 5.07. The number of hydrogen-bond donors (Lipinski definition) is 1. The van der Waals surface area contributed by atoms with E-state index in [9.17, 15) is 0 Å². The first kappa shape index (κ1) is 14.4. The first-order chi connectivity index (χ1) is 9.10. The Labute approximate surface area is 124 Å². The number of rotatable bonds is 4. The lowest BCUT2D eigenvalue weighted by Crippen LogP contribution is -1.98. The highest BCUT2D eigenvalue weighted by Gasteiger charge is 2.05. The smallest absolute Gasteiger partial charge is 0.0417 e. The van der Waals surface area contributed by atoms with E-state index in [-0.39, 0.29) is 0 Å². The van der Waals surface area contributed by atoms with Crippen molar-refractivity contribution >= 4 is 23.4 Å². The molecule has 0 amide bonds. The average Bonchev–Trinajstić information content (AvgIpc) is 2.39. The molecular formula is C16H18ClNS. The second kappa shape index (κ2) is 6.47. The molecule has 2 rings (SSSR count). The summed E-state index contributed by atoms with van der Waals surface area (Å²) in [6, 6.07) is 14.5. The Morgan fingerprint density at radius 3 is 2.37 bits per heavy atom. The van der Waals surface area contributed by atoms with Gasteiger partial charge in [0.1, 0.15) is 0 Å². The lowest BCUT2D eigenvalue weighted by atomic mass is 10.0. The summed E-state index contributed by atoms with van der Waals surface area (Å²) in [6.45, 7) is 4.93. The fourth-order valence-electron chi connectivity index (χ4n) is 1.84. The van der Waals surface area contributed by atoms with Gasteiger partial charge in [0.15, 0.2) is 0 Å². The fraction of sp³-hybridized carbons (Fsp3) is 0.250.